The summed E-state index contributed by atoms with van der Waals surface area (Å²) in [6.07, 6.45) is 4.95. The minimum atomic E-state index is 0.435. The van der Waals surface area contributed by atoms with Crippen LogP contribution in [0.5, 0.6) is 0 Å². The Morgan fingerprint density at radius 2 is 1.86 bits per heavy atom. The first-order valence-corrected chi connectivity index (χ1v) is 8.57. The van der Waals surface area contributed by atoms with Gasteiger partial charge in [0, 0.05) is 17.6 Å². The molecule has 0 radical (unpaired) electrons. The fourth-order valence-electron chi connectivity index (χ4n) is 3.08. The maximum atomic E-state index is 6.00. The molecule has 2 rings (SSSR count). The molecule has 1 aliphatic heterocycles. The van der Waals surface area contributed by atoms with Crippen molar-refractivity contribution in [2.45, 2.75) is 45.6 Å². The first-order valence-electron chi connectivity index (χ1n) is 8.20. The van der Waals surface area contributed by atoms with Crippen LogP contribution >= 0.6 is 11.6 Å². The molecular formula is C18H29ClN2. The molecule has 0 spiro atoms. The van der Waals surface area contributed by atoms with Crippen LogP contribution in [0.4, 0.5) is 0 Å². The van der Waals surface area contributed by atoms with Crippen molar-refractivity contribution in [3.63, 3.8) is 0 Å². The Balaban J connectivity index is 1.95. The molecule has 0 bridgehead atoms. The molecule has 1 aromatic rings. The Morgan fingerprint density at radius 3 is 2.43 bits per heavy atom. The molecule has 1 atom stereocenters. The quantitative estimate of drug-likeness (QED) is 0.832. The lowest BCUT2D eigenvalue weighted by molar-refractivity contribution is 0.133. The zero-order valence-corrected chi connectivity index (χ0v) is 14.4. The average molecular weight is 309 g/mol. The molecule has 1 unspecified atom stereocenters. The molecule has 21 heavy (non-hydrogen) atoms. The number of likely N-dealkylation sites (tertiary alicyclic amines) is 1. The first kappa shape index (κ1) is 16.8. The predicted octanol–water partition coefficient (Wildman–Crippen LogP) is 4.50. The van der Waals surface area contributed by atoms with Crippen molar-refractivity contribution >= 4 is 11.6 Å². The van der Waals surface area contributed by atoms with E-state index in [4.69, 9.17) is 11.6 Å². The monoisotopic (exact) mass is 308 g/mol. The van der Waals surface area contributed by atoms with E-state index in [2.05, 4.69) is 43.2 Å². The van der Waals surface area contributed by atoms with Gasteiger partial charge >= 0.3 is 0 Å². The third-order valence-corrected chi connectivity index (χ3v) is 5.07. The van der Waals surface area contributed by atoms with Crippen molar-refractivity contribution in [2.75, 3.05) is 26.7 Å². The van der Waals surface area contributed by atoms with Crippen LogP contribution in [0.3, 0.4) is 0 Å². The minimum absolute atomic E-state index is 0.435. The molecule has 1 fully saturated rings. The van der Waals surface area contributed by atoms with Crippen LogP contribution in [-0.4, -0.2) is 31.6 Å². The topological polar surface area (TPSA) is 15.3 Å². The molecule has 1 aromatic carbocycles. The second kappa shape index (κ2) is 7.62. The van der Waals surface area contributed by atoms with E-state index >= 15 is 0 Å². The lowest BCUT2D eigenvalue weighted by Crippen LogP contribution is -2.42. The van der Waals surface area contributed by atoms with Gasteiger partial charge in [0.2, 0.25) is 0 Å². The van der Waals surface area contributed by atoms with Gasteiger partial charge in [-0.25, -0.2) is 0 Å². The van der Waals surface area contributed by atoms with Crippen molar-refractivity contribution in [3.8, 4) is 0 Å². The highest BCUT2D eigenvalue weighted by atomic mass is 35.5. The number of hydrogen-bond acceptors (Lipinski definition) is 2. The van der Waals surface area contributed by atoms with Gasteiger partial charge in [-0.3, -0.25) is 0 Å². The highest BCUT2D eigenvalue weighted by molar-refractivity contribution is 6.30. The highest BCUT2D eigenvalue weighted by Gasteiger charge is 2.29. The van der Waals surface area contributed by atoms with Crippen molar-refractivity contribution in [3.05, 3.63) is 34.9 Å². The summed E-state index contributed by atoms with van der Waals surface area (Å²) in [4.78, 5) is 2.43. The van der Waals surface area contributed by atoms with Crippen LogP contribution in [0, 0.1) is 5.41 Å². The minimum Gasteiger partial charge on any atom is -0.309 e. The fraction of sp³-hybridized carbons (Fsp3) is 0.667. The predicted molar refractivity (Wildman–Crippen MR) is 91.9 cm³/mol. The van der Waals surface area contributed by atoms with Crippen molar-refractivity contribution < 1.29 is 0 Å². The Morgan fingerprint density at radius 1 is 1.24 bits per heavy atom. The van der Waals surface area contributed by atoms with Crippen molar-refractivity contribution in [2.24, 2.45) is 5.41 Å². The number of nitrogens with one attached hydrogen (secondary N) is 1. The molecule has 1 N–H and O–H groups in total. The Bertz CT molecular complexity index is 421. The van der Waals surface area contributed by atoms with Gasteiger partial charge in [-0.15, -0.1) is 0 Å². The maximum Gasteiger partial charge on any atom is 0.0406 e. The largest absolute Gasteiger partial charge is 0.309 e. The average Bonchev–Trinajstić information content (AvgIpc) is 2.48. The van der Waals surface area contributed by atoms with Crippen LogP contribution < -0.4 is 5.32 Å². The molecular weight excluding hydrogens is 280 g/mol. The second-order valence-corrected chi connectivity index (χ2v) is 7.32. The normalized spacial score (nSPS) is 20.4. The SMILES string of the molecule is CCCC(NCC1(C)CCN(C)CC1)c1ccc(Cl)cc1. The summed E-state index contributed by atoms with van der Waals surface area (Å²) in [7, 11) is 2.22. The van der Waals surface area contributed by atoms with E-state index in [0.717, 1.165) is 11.6 Å². The maximum absolute atomic E-state index is 6.00. The first-order chi connectivity index (χ1) is 10.0. The Hall–Kier alpha value is -0.570. The number of piperidine rings is 1. The van der Waals surface area contributed by atoms with E-state index in [-0.39, 0.29) is 0 Å². The van der Waals surface area contributed by atoms with Gasteiger partial charge in [-0.05, 0) is 62.5 Å². The van der Waals surface area contributed by atoms with Gasteiger partial charge in [0.25, 0.3) is 0 Å². The molecule has 1 aliphatic rings. The lowest BCUT2D eigenvalue weighted by atomic mass is 9.80. The molecule has 0 aliphatic carbocycles. The number of benzene rings is 1. The van der Waals surface area contributed by atoms with Gasteiger partial charge in [-0.1, -0.05) is 44.0 Å². The number of nitrogens with zero attached hydrogens (tertiary/aromatic N) is 1. The Kier molecular flexibility index (Phi) is 6.09. The van der Waals surface area contributed by atoms with E-state index in [0.29, 0.717) is 11.5 Å². The summed E-state index contributed by atoms with van der Waals surface area (Å²) in [5.74, 6) is 0. The van der Waals surface area contributed by atoms with Gasteiger partial charge in [0.1, 0.15) is 0 Å². The van der Waals surface area contributed by atoms with Crippen LogP contribution in [0.2, 0.25) is 5.02 Å². The summed E-state index contributed by atoms with van der Waals surface area (Å²) >= 11 is 6.00. The highest BCUT2D eigenvalue weighted by Crippen LogP contribution is 2.31. The van der Waals surface area contributed by atoms with Gasteiger partial charge in [-0.2, -0.15) is 0 Å². The summed E-state index contributed by atoms with van der Waals surface area (Å²) in [5.41, 5.74) is 1.79. The van der Waals surface area contributed by atoms with Crippen LogP contribution in [0.25, 0.3) is 0 Å². The van der Waals surface area contributed by atoms with Gasteiger partial charge in [0.05, 0.1) is 0 Å². The summed E-state index contributed by atoms with van der Waals surface area (Å²) in [6, 6.07) is 8.76. The second-order valence-electron chi connectivity index (χ2n) is 6.89. The molecule has 118 valence electrons. The molecule has 2 nitrogen and oxygen atoms in total. The molecule has 0 amide bonds. The van der Waals surface area contributed by atoms with Crippen LogP contribution in [0.1, 0.15) is 51.1 Å². The summed E-state index contributed by atoms with van der Waals surface area (Å²) < 4.78 is 0. The van der Waals surface area contributed by atoms with Crippen LogP contribution in [-0.2, 0) is 0 Å². The third-order valence-electron chi connectivity index (χ3n) is 4.82. The number of rotatable bonds is 6. The zero-order valence-electron chi connectivity index (χ0n) is 13.7. The van der Waals surface area contributed by atoms with Crippen molar-refractivity contribution in [1.29, 1.82) is 0 Å². The zero-order chi connectivity index (χ0) is 15.3. The fourth-order valence-corrected chi connectivity index (χ4v) is 3.20. The number of halogens is 1. The summed E-state index contributed by atoms with van der Waals surface area (Å²) in [6.45, 7) is 8.23. The standard InChI is InChI=1S/C18H29ClN2/c1-4-5-17(15-6-8-16(19)9-7-15)20-14-18(2)10-12-21(3)13-11-18/h6-9,17,20H,4-5,10-14H2,1-3H3. The van der Waals surface area contributed by atoms with E-state index < -0.39 is 0 Å². The summed E-state index contributed by atoms with van der Waals surface area (Å²) in [5, 5.41) is 4.64. The van der Waals surface area contributed by atoms with E-state index in [1.54, 1.807) is 0 Å². The molecule has 0 saturated carbocycles. The smallest absolute Gasteiger partial charge is 0.0406 e. The van der Waals surface area contributed by atoms with Gasteiger partial charge < -0.3 is 10.2 Å². The molecule has 3 heteroatoms. The molecule has 0 aromatic heterocycles. The van der Waals surface area contributed by atoms with Gasteiger partial charge in [0.15, 0.2) is 0 Å². The van der Waals surface area contributed by atoms with Crippen molar-refractivity contribution in [1.82, 2.24) is 10.2 Å². The molecule has 1 saturated heterocycles. The third kappa shape index (κ3) is 4.98. The van der Waals surface area contributed by atoms with E-state index in [1.807, 2.05) is 12.1 Å². The molecule has 1 heterocycles. The van der Waals surface area contributed by atoms with E-state index in [1.165, 1.54) is 44.3 Å². The van der Waals surface area contributed by atoms with E-state index in [9.17, 15) is 0 Å². The Labute approximate surface area is 134 Å². The number of hydrogen-bond donors (Lipinski definition) is 1. The lowest BCUT2D eigenvalue weighted by Gasteiger charge is -2.39. The van der Waals surface area contributed by atoms with Crippen LogP contribution in [0.15, 0.2) is 24.3 Å².